The summed E-state index contributed by atoms with van der Waals surface area (Å²) in [5.74, 6) is -2.62. The molecule has 162 valence electrons. The molecule has 0 bridgehead atoms. The summed E-state index contributed by atoms with van der Waals surface area (Å²) in [5.41, 5.74) is -2.62. The second kappa shape index (κ2) is 8.94. The van der Waals surface area contributed by atoms with E-state index in [2.05, 4.69) is 4.74 Å². The van der Waals surface area contributed by atoms with Crippen LogP contribution in [0.5, 0.6) is 0 Å². The van der Waals surface area contributed by atoms with Crippen molar-refractivity contribution in [2.24, 2.45) is 0 Å². The zero-order valence-corrected chi connectivity index (χ0v) is 14.6. The lowest BCUT2D eigenvalue weighted by atomic mass is 9.75. The molecule has 0 radical (unpaired) electrons. The molecule has 8 N–H and O–H groups in total. The number of carboxylic acid groups (broad SMARTS) is 1. The van der Waals surface area contributed by atoms with Crippen molar-refractivity contribution in [1.29, 1.82) is 0 Å². The molecule has 13 nitrogen and oxygen atoms in total. The van der Waals surface area contributed by atoms with E-state index in [1.807, 2.05) is 0 Å². The Morgan fingerprint density at radius 1 is 1.04 bits per heavy atom. The highest BCUT2D eigenvalue weighted by Crippen LogP contribution is 2.37. The van der Waals surface area contributed by atoms with E-state index in [1.54, 1.807) is 0 Å². The molecular formula is C15H24O13. The average molecular weight is 412 g/mol. The first-order valence-electron chi connectivity index (χ1n) is 8.42. The van der Waals surface area contributed by atoms with Crippen molar-refractivity contribution >= 4 is 11.9 Å². The Morgan fingerprint density at radius 3 is 2.25 bits per heavy atom. The second-order valence-electron chi connectivity index (χ2n) is 6.72. The summed E-state index contributed by atoms with van der Waals surface area (Å²) in [6, 6.07) is 0. The summed E-state index contributed by atoms with van der Waals surface area (Å²) in [7, 11) is 0. The van der Waals surface area contributed by atoms with Crippen LogP contribution in [0.25, 0.3) is 0 Å². The monoisotopic (exact) mass is 412 g/mol. The molecular weight excluding hydrogens is 388 g/mol. The molecule has 0 aromatic heterocycles. The van der Waals surface area contributed by atoms with Crippen LogP contribution in [0.2, 0.25) is 0 Å². The Kier molecular flexibility index (Phi) is 7.30. The zero-order valence-electron chi connectivity index (χ0n) is 14.6. The maximum atomic E-state index is 11.4. The molecule has 1 unspecified atom stereocenters. The molecule has 2 rings (SSSR count). The molecule has 2 aliphatic rings. The van der Waals surface area contributed by atoms with Gasteiger partial charge in [-0.15, -0.1) is 0 Å². The Balaban J connectivity index is 2.20. The highest BCUT2D eigenvalue weighted by atomic mass is 16.6. The lowest BCUT2D eigenvalue weighted by Crippen LogP contribution is -2.75. The molecule has 13 heteroatoms. The molecule has 0 saturated carbocycles. The Morgan fingerprint density at radius 2 is 1.68 bits per heavy atom. The van der Waals surface area contributed by atoms with Crippen molar-refractivity contribution in [3.05, 3.63) is 0 Å². The van der Waals surface area contributed by atoms with Crippen molar-refractivity contribution in [2.45, 2.75) is 60.9 Å². The molecule has 0 amide bonds. The molecule has 0 aromatic carbocycles. The molecule has 2 heterocycles. The predicted molar refractivity (Wildman–Crippen MR) is 83.7 cm³/mol. The van der Waals surface area contributed by atoms with Crippen LogP contribution < -0.4 is 0 Å². The minimum Gasteiger partial charge on any atom is -0.481 e. The van der Waals surface area contributed by atoms with Crippen LogP contribution in [0.4, 0.5) is 0 Å². The topological polar surface area (TPSA) is 224 Å². The fourth-order valence-corrected chi connectivity index (χ4v) is 3.27. The van der Waals surface area contributed by atoms with Crippen LogP contribution in [0, 0.1) is 0 Å². The molecule has 9 atom stereocenters. The lowest BCUT2D eigenvalue weighted by molar-refractivity contribution is -0.332. The van der Waals surface area contributed by atoms with E-state index >= 15 is 0 Å². The van der Waals surface area contributed by atoms with Crippen LogP contribution in [0.3, 0.4) is 0 Å². The molecule has 2 fully saturated rings. The third-order valence-corrected chi connectivity index (χ3v) is 4.88. The van der Waals surface area contributed by atoms with Crippen molar-refractivity contribution in [1.82, 2.24) is 0 Å². The molecule has 2 aliphatic heterocycles. The maximum absolute atomic E-state index is 11.4. The van der Waals surface area contributed by atoms with Gasteiger partial charge in [-0.2, -0.15) is 0 Å². The number of aliphatic hydroxyl groups is 7. The van der Waals surface area contributed by atoms with Gasteiger partial charge in [0.25, 0.3) is 0 Å². The first-order valence-corrected chi connectivity index (χ1v) is 8.42. The minimum absolute atomic E-state index is 0.539. The van der Waals surface area contributed by atoms with Crippen LogP contribution >= 0.6 is 0 Å². The Hall–Kier alpha value is -1.42. The van der Waals surface area contributed by atoms with Crippen molar-refractivity contribution < 1.29 is 64.7 Å². The van der Waals surface area contributed by atoms with Gasteiger partial charge in [0.15, 0.2) is 0 Å². The Bertz CT molecular complexity index is 570. The van der Waals surface area contributed by atoms with Gasteiger partial charge in [0.1, 0.15) is 67.5 Å². The van der Waals surface area contributed by atoms with Crippen molar-refractivity contribution in [3.63, 3.8) is 0 Å². The number of esters is 1. The van der Waals surface area contributed by atoms with Gasteiger partial charge in [0, 0.05) is 0 Å². The number of rotatable bonds is 6. The number of carbonyl (C=O) groups excluding carboxylic acids is 1. The van der Waals surface area contributed by atoms with Gasteiger partial charge in [-0.3, -0.25) is 9.59 Å². The highest BCUT2D eigenvalue weighted by Gasteiger charge is 2.62. The third kappa shape index (κ3) is 4.27. The number of carbonyl (C=O) groups is 2. The molecule has 0 aliphatic carbocycles. The van der Waals surface area contributed by atoms with E-state index in [0.29, 0.717) is 0 Å². The zero-order chi connectivity index (χ0) is 21.2. The predicted octanol–water partition coefficient (Wildman–Crippen LogP) is -5.30. The van der Waals surface area contributed by atoms with E-state index in [0.717, 1.165) is 0 Å². The number of carboxylic acids is 1. The second-order valence-corrected chi connectivity index (χ2v) is 6.72. The average Bonchev–Trinajstić information content (AvgIpc) is 2.63. The fourth-order valence-electron chi connectivity index (χ4n) is 3.27. The third-order valence-electron chi connectivity index (χ3n) is 4.88. The van der Waals surface area contributed by atoms with Crippen molar-refractivity contribution in [2.75, 3.05) is 19.8 Å². The minimum atomic E-state index is -2.62. The van der Waals surface area contributed by atoms with Gasteiger partial charge in [0.05, 0.1) is 13.2 Å². The number of ether oxygens (including phenoxy) is 3. The number of hydrogen-bond acceptors (Lipinski definition) is 12. The molecule has 0 spiro atoms. The number of aliphatic hydroxyl groups excluding tert-OH is 6. The van der Waals surface area contributed by atoms with E-state index in [4.69, 9.17) is 14.6 Å². The largest absolute Gasteiger partial charge is 0.481 e. The van der Waals surface area contributed by atoms with E-state index in [9.17, 15) is 45.3 Å². The molecule has 28 heavy (non-hydrogen) atoms. The lowest BCUT2D eigenvalue weighted by Gasteiger charge is -2.52. The van der Waals surface area contributed by atoms with Crippen LogP contribution in [-0.2, 0) is 23.8 Å². The molecule has 2 saturated heterocycles. The SMILES string of the molecule is O=C(O)CC(=O)OC[C@H]1OC([C@]2(O)[C@H](O)[C@@H](CO)OC[C@@H]2O)[C@H](O)[C@@H](O)[C@@H]1O. The first kappa shape index (κ1) is 22.9. The van der Waals surface area contributed by atoms with Crippen LogP contribution in [0.15, 0.2) is 0 Å². The summed E-state index contributed by atoms with van der Waals surface area (Å²) in [6.45, 7) is -2.02. The van der Waals surface area contributed by atoms with Gasteiger partial charge in [0.2, 0.25) is 0 Å². The Labute approximate surface area is 158 Å². The van der Waals surface area contributed by atoms with Gasteiger partial charge >= 0.3 is 11.9 Å². The van der Waals surface area contributed by atoms with E-state index in [-0.39, 0.29) is 0 Å². The summed E-state index contributed by atoms with van der Waals surface area (Å²) in [4.78, 5) is 21.8. The van der Waals surface area contributed by atoms with Gasteiger partial charge in [-0.25, -0.2) is 0 Å². The van der Waals surface area contributed by atoms with E-state index < -0.39 is 92.6 Å². The van der Waals surface area contributed by atoms with Crippen LogP contribution in [0.1, 0.15) is 6.42 Å². The highest BCUT2D eigenvalue weighted by molar-refractivity contribution is 5.90. The standard InChI is InChI=1S/C15H24O13/c16-2-5-13(24)15(25,7(17)4-26-5)14-12(23)11(22)10(21)6(28-14)3-27-9(20)1-8(18)19/h5-7,10-14,16-17,21-25H,1-4H2,(H,18,19)/t5-,6-,7+,10-,11+,12-,13-,14?,15-/m1/s1. The summed E-state index contributed by atoms with van der Waals surface area (Å²) >= 11 is 0. The first-order chi connectivity index (χ1) is 13.0. The summed E-state index contributed by atoms with van der Waals surface area (Å²) in [5, 5.41) is 79.4. The smallest absolute Gasteiger partial charge is 0.317 e. The van der Waals surface area contributed by atoms with Gasteiger partial charge in [-0.1, -0.05) is 0 Å². The summed E-state index contributed by atoms with van der Waals surface area (Å²) in [6.07, 6.45) is -15.2. The van der Waals surface area contributed by atoms with Crippen molar-refractivity contribution in [3.8, 4) is 0 Å². The fraction of sp³-hybridized carbons (Fsp3) is 0.867. The number of hydrogen-bond donors (Lipinski definition) is 8. The van der Waals surface area contributed by atoms with Gasteiger partial charge in [-0.05, 0) is 0 Å². The quantitative estimate of drug-likeness (QED) is 0.151. The normalized spacial score (nSPS) is 44.1. The molecule has 0 aromatic rings. The number of aliphatic carboxylic acids is 1. The maximum Gasteiger partial charge on any atom is 0.317 e. The van der Waals surface area contributed by atoms with E-state index in [1.165, 1.54) is 0 Å². The summed E-state index contributed by atoms with van der Waals surface area (Å²) < 4.78 is 14.9. The van der Waals surface area contributed by atoms with Gasteiger partial charge < -0.3 is 55.1 Å². The van der Waals surface area contributed by atoms with Crippen LogP contribution in [-0.4, -0.2) is 127 Å².